The average molecular weight is 279 g/mol. The van der Waals surface area contributed by atoms with E-state index in [0.717, 1.165) is 24.2 Å². The van der Waals surface area contributed by atoms with Crippen molar-refractivity contribution >= 4 is 6.29 Å². The SMILES string of the molecule is C=CN1C(C(C)O)=C(C)C(C=O)=C/C1=C/C.CCOC. The van der Waals surface area contributed by atoms with Gasteiger partial charge in [0, 0.05) is 31.2 Å². The molecule has 1 atom stereocenters. The second-order valence-electron chi connectivity index (χ2n) is 4.25. The van der Waals surface area contributed by atoms with Crippen molar-refractivity contribution in [2.45, 2.75) is 33.8 Å². The molecule has 1 heterocycles. The summed E-state index contributed by atoms with van der Waals surface area (Å²) in [6.45, 7) is 11.9. The van der Waals surface area contributed by atoms with Gasteiger partial charge in [0.05, 0.1) is 11.8 Å². The lowest BCUT2D eigenvalue weighted by molar-refractivity contribution is -0.104. The van der Waals surface area contributed by atoms with Crippen LogP contribution in [0.1, 0.15) is 27.7 Å². The van der Waals surface area contributed by atoms with Gasteiger partial charge < -0.3 is 14.7 Å². The Morgan fingerprint density at radius 1 is 1.55 bits per heavy atom. The second kappa shape index (κ2) is 9.28. The average Bonchev–Trinajstić information content (AvgIpc) is 2.46. The smallest absolute Gasteiger partial charge is 0.150 e. The van der Waals surface area contributed by atoms with Crippen LogP contribution in [0.2, 0.25) is 0 Å². The van der Waals surface area contributed by atoms with Gasteiger partial charge in [-0.2, -0.15) is 0 Å². The van der Waals surface area contributed by atoms with Crippen molar-refractivity contribution in [1.82, 2.24) is 4.90 Å². The van der Waals surface area contributed by atoms with Gasteiger partial charge in [0.15, 0.2) is 0 Å². The first-order valence-corrected chi connectivity index (χ1v) is 6.61. The van der Waals surface area contributed by atoms with E-state index in [4.69, 9.17) is 0 Å². The predicted octanol–water partition coefficient (Wildman–Crippen LogP) is 2.78. The molecule has 0 fully saturated rings. The highest BCUT2D eigenvalue weighted by Crippen LogP contribution is 2.30. The van der Waals surface area contributed by atoms with Crippen molar-refractivity contribution in [3.63, 3.8) is 0 Å². The molecule has 20 heavy (non-hydrogen) atoms. The Hall–Kier alpha value is -1.65. The highest BCUT2D eigenvalue weighted by Gasteiger charge is 2.23. The molecule has 1 unspecified atom stereocenters. The molecule has 0 aromatic heterocycles. The van der Waals surface area contributed by atoms with Crippen LogP contribution in [-0.2, 0) is 9.53 Å². The molecule has 0 aromatic carbocycles. The molecule has 0 saturated carbocycles. The van der Waals surface area contributed by atoms with E-state index in [9.17, 15) is 9.90 Å². The van der Waals surface area contributed by atoms with Gasteiger partial charge in [-0.15, -0.1) is 0 Å². The summed E-state index contributed by atoms with van der Waals surface area (Å²) in [7, 11) is 1.68. The summed E-state index contributed by atoms with van der Waals surface area (Å²) in [6, 6.07) is 0. The number of nitrogens with zero attached hydrogens (tertiary/aromatic N) is 1. The molecule has 1 aliphatic rings. The van der Waals surface area contributed by atoms with Crippen molar-refractivity contribution in [1.29, 1.82) is 0 Å². The zero-order valence-corrected chi connectivity index (χ0v) is 13.0. The molecule has 0 radical (unpaired) electrons. The quantitative estimate of drug-likeness (QED) is 0.804. The number of methoxy groups -OCH3 is 1. The monoisotopic (exact) mass is 279 g/mol. The van der Waals surface area contributed by atoms with Gasteiger partial charge in [0.25, 0.3) is 0 Å². The molecule has 0 spiro atoms. The number of ether oxygens (including phenoxy) is 1. The van der Waals surface area contributed by atoms with Gasteiger partial charge >= 0.3 is 0 Å². The van der Waals surface area contributed by atoms with Gasteiger partial charge in [-0.05, 0) is 39.3 Å². The fourth-order valence-electron chi connectivity index (χ4n) is 1.87. The first-order chi connectivity index (χ1) is 9.48. The standard InChI is InChI=1S/C13H17NO2.C3H8O/c1-5-12-7-11(8-15)9(3)13(10(4)16)14(12)6-2;1-3-4-2/h5-8,10,16H,2H2,1,3-4H3;3H2,1-2H3/b12-5-;. The van der Waals surface area contributed by atoms with Crippen LogP contribution in [0.4, 0.5) is 0 Å². The van der Waals surface area contributed by atoms with Crippen LogP contribution >= 0.6 is 0 Å². The third kappa shape index (κ3) is 4.47. The second-order valence-corrected chi connectivity index (χ2v) is 4.25. The molecule has 1 rings (SSSR count). The minimum Gasteiger partial charge on any atom is -0.387 e. The minimum atomic E-state index is -0.642. The lowest BCUT2D eigenvalue weighted by atomic mass is 9.97. The number of carbonyl (C=O) groups is 1. The molecule has 0 aliphatic carbocycles. The Balaban J connectivity index is 0.000000796. The van der Waals surface area contributed by atoms with Gasteiger partial charge in [-0.1, -0.05) is 12.7 Å². The van der Waals surface area contributed by atoms with E-state index in [2.05, 4.69) is 11.3 Å². The Labute approximate surface area is 121 Å². The van der Waals surface area contributed by atoms with Crippen LogP contribution in [0.25, 0.3) is 0 Å². The molecule has 0 aromatic rings. The number of rotatable bonds is 4. The lowest BCUT2D eigenvalue weighted by Crippen LogP contribution is -2.27. The Morgan fingerprint density at radius 3 is 2.40 bits per heavy atom. The fourth-order valence-corrected chi connectivity index (χ4v) is 1.87. The molecule has 0 bridgehead atoms. The highest BCUT2D eigenvalue weighted by molar-refractivity contribution is 5.82. The zero-order chi connectivity index (χ0) is 15.7. The van der Waals surface area contributed by atoms with Gasteiger partial charge in [0.2, 0.25) is 0 Å². The largest absolute Gasteiger partial charge is 0.387 e. The summed E-state index contributed by atoms with van der Waals surface area (Å²) in [5, 5.41) is 9.76. The highest BCUT2D eigenvalue weighted by atomic mass is 16.5. The number of allylic oxidation sites excluding steroid dienone is 4. The van der Waals surface area contributed by atoms with Crippen molar-refractivity contribution < 1.29 is 14.6 Å². The van der Waals surface area contributed by atoms with E-state index < -0.39 is 6.10 Å². The molecule has 1 N–H and O–H groups in total. The first kappa shape index (κ1) is 18.4. The predicted molar refractivity (Wildman–Crippen MR) is 81.9 cm³/mol. The fraction of sp³-hybridized carbons (Fsp3) is 0.438. The van der Waals surface area contributed by atoms with E-state index in [0.29, 0.717) is 11.3 Å². The van der Waals surface area contributed by atoms with Crippen LogP contribution in [0.5, 0.6) is 0 Å². The number of aldehydes is 1. The van der Waals surface area contributed by atoms with E-state index in [1.54, 1.807) is 31.2 Å². The molecule has 112 valence electrons. The van der Waals surface area contributed by atoms with Crippen molar-refractivity contribution in [2.75, 3.05) is 13.7 Å². The molecular formula is C16H25NO3. The van der Waals surface area contributed by atoms with Crippen molar-refractivity contribution in [3.8, 4) is 0 Å². The van der Waals surface area contributed by atoms with Crippen LogP contribution in [0.15, 0.2) is 47.5 Å². The summed E-state index contributed by atoms with van der Waals surface area (Å²) in [5.41, 5.74) is 2.93. The zero-order valence-electron chi connectivity index (χ0n) is 13.0. The first-order valence-electron chi connectivity index (χ1n) is 6.61. The van der Waals surface area contributed by atoms with E-state index in [1.165, 1.54) is 0 Å². The van der Waals surface area contributed by atoms with Crippen LogP contribution in [0, 0.1) is 0 Å². The van der Waals surface area contributed by atoms with Crippen LogP contribution in [0.3, 0.4) is 0 Å². The van der Waals surface area contributed by atoms with Crippen molar-refractivity contribution in [2.24, 2.45) is 0 Å². The Kier molecular flexibility index (Phi) is 8.52. The summed E-state index contributed by atoms with van der Waals surface area (Å²) < 4.78 is 4.54. The molecule has 4 heteroatoms. The topological polar surface area (TPSA) is 49.8 Å². The Bertz CT molecular complexity index is 429. The lowest BCUT2D eigenvalue weighted by Gasteiger charge is -2.32. The number of carbonyl (C=O) groups excluding carboxylic acids is 1. The summed E-state index contributed by atoms with van der Waals surface area (Å²) in [5.74, 6) is 0. The van der Waals surface area contributed by atoms with Gasteiger partial charge in [-0.3, -0.25) is 4.79 Å². The number of aliphatic hydroxyl groups is 1. The third-order valence-electron chi connectivity index (χ3n) is 2.95. The summed E-state index contributed by atoms with van der Waals surface area (Å²) in [6.07, 6.45) is 5.47. The van der Waals surface area contributed by atoms with Gasteiger partial charge in [0.1, 0.15) is 6.29 Å². The van der Waals surface area contributed by atoms with Crippen LogP contribution < -0.4 is 0 Å². The normalized spacial score (nSPS) is 18.2. The maximum absolute atomic E-state index is 10.9. The molecule has 0 saturated heterocycles. The maximum Gasteiger partial charge on any atom is 0.150 e. The summed E-state index contributed by atoms with van der Waals surface area (Å²) >= 11 is 0. The molecular weight excluding hydrogens is 254 g/mol. The summed E-state index contributed by atoms with van der Waals surface area (Å²) in [4.78, 5) is 12.7. The van der Waals surface area contributed by atoms with Crippen LogP contribution in [-0.4, -0.2) is 36.1 Å². The number of hydrogen-bond donors (Lipinski definition) is 1. The minimum absolute atomic E-state index is 0.599. The number of hydrogen-bond acceptors (Lipinski definition) is 4. The van der Waals surface area contributed by atoms with E-state index >= 15 is 0 Å². The Morgan fingerprint density at radius 2 is 2.10 bits per heavy atom. The number of aliphatic hydroxyl groups excluding tert-OH is 1. The van der Waals surface area contributed by atoms with Gasteiger partial charge in [-0.25, -0.2) is 0 Å². The van der Waals surface area contributed by atoms with Crippen molar-refractivity contribution in [3.05, 3.63) is 47.5 Å². The molecule has 4 nitrogen and oxygen atoms in total. The maximum atomic E-state index is 10.9. The van der Waals surface area contributed by atoms with E-state index in [1.807, 2.05) is 26.8 Å². The molecule has 1 aliphatic heterocycles. The third-order valence-corrected chi connectivity index (χ3v) is 2.95. The molecule has 0 amide bonds. The van der Waals surface area contributed by atoms with E-state index in [-0.39, 0.29) is 0 Å².